The van der Waals surface area contributed by atoms with Crippen molar-refractivity contribution in [1.29, 1.82) is 0 Å². The van der Waals surface area contributed by atoms with Crippen LogP contribution in [-0.2, 0) is 6.42 Å². The maximum atomic E-state index is 12.1. The van der Waals surface area contributed by atoms with Crippen molar-refractivity contribution in [3.05, 3.63) is 45.9 Å². The second kappa shape index (κ2) is 8.29. The van der Waals surface area contributed by atoms with Crippen LogP contribution in [0, 0.1) is 0 Å². The van der Waals surface area contributed by atoms with Gasteiger partial charge >= 0.3 is 6.03 Å². The summed E-state index contributed by atoms with van der Waals surface area (Å²) in [5.74, 6) is 0. The monoisotopic (exact) mass is 353 g/mol. The minimum Gasteiger partial charge on any atom is -0.392 e. The molecule has 0 bridgehead atoms. The Morgan fingerprint density at radius 1 is 1.52 bits per heavy atom. The van der Waals surface area contributed by atoms with Crippen LogP contribution in [0.1, 0.15) is 24.3 Å². The molecule has 0 aliphatic heterocycles. The number of amides is 2. The van der Waals surface area contributed by atoms with Gasteiger partial charge in [-0.1, -0.05) is 23.7 Å². The highest BCUT2D eigenvalue weighted by molar-refractivity contribution is 7.15. The van der Waals surface area contributed by atoms with Crippen molar-refractivity contribution < 1.29 is 9.90 Å². The van der Waals surface area contributed by atoms with E-state index in [2.05, 4.69) is 10.3 Å². The lowest BCUT2D eigenvalue weighted by atomic mass is 10.1. The van der Waals surface area contributed by atoms with Crippen LogP contribution in [0.15, 0.2) is 30.5 Å². The van der Waals surface area contributed by atoms with Crippen LogP contribution in [0.3, 0.4) is 0 Å². The van der Waals surface area contributed by atoms with Crippen molar-refractivity contribution in [3.63, 3.8) is 0 Å². The van der Waals surface area contributed by atoms with Crippen LogP contribution in [0.4, 0.5) is 9.93 Å². The van der Waals surface area contributed by atoms with E-state index >= 15 is 0 Å². The zero-order valence-corrected chi connectivity index (χ0v) is 14.7. The Hall–Kier alpha value is -1.63. The first-order chi connectivity index (χ1) is 11.0. The first-order valence-electron chi connectivity index (χ1n) is 7.41. The lowest BCUT2D eigenvalue weighted by molar-refractivity contribution is 0.141. The van der Waals surface area contributed by atoms with Crippen LogP contribution in [0.25, 0.3) is 0 Å². The first-order valence-corrected chi connectivity index (χ1v) is 8.60. The third kappa shape index (κ3) is 5.49. The van der Waals surface area contributed by atoms with Gasteiger partial charge in [0.1, 0.15) is 0 Å². The third-order valence-electron chi connectivity index (χ3n) is 3.19. The first kappa shape index (κ1) is 17.7. The van der Waals surface area contributed by atoms with Crippen LogP contribution in [0.5, 0.6) is 0 Å². The second-order valence-corrected chi connectivity index (χ2v) is 6.81. The highest BCUT2D eigenvalue weighted by Gasteiger charge is 2.15. The molecule has 1 heterocycles. The van der Waals surface area contributed by atoms with Crippen LogP contribution in [0.2, 0.25) is 5.02 Å². The number of hydrogen-bond acceptors (Lipinski definition) is 4. The molecule has 0 radical (unpaired) electrons. The van der Waals surface area contributed by atoms with E-state index in [-0.39, 0.29) is 6.03 Å². The minimum atomic E-state index is -0.560. The lowest BCUT2D eigenvalue weighted by Crippen LogP contribution is -2.39. The van der Waals surface area contributed by atoms with E-state index in [0.717, 1.165) is 16.9 Å². The van der Waals surface area contributed by atoms with E-state index in [1.54, 1.807) is 18.0 Å². The van der Waals surface area contributed by atoms with E-state index < -0.39 is 6.10 Å². The van der Waals surface area contributed by atoms with Crippen molar-refractivity contribution in [2.45, 2.75) is 26.4 Å². The van der Waals surface area contributed by atoms with Gasteiger partial charge in [0.2, 0.25) is 0 Å². The number of carbonyl (C=O) groups excluding carboxylic acids is 1. The summed E-state index contributed by atoms with van der Waals surface area (Å²) >= 11 is 7.42. The number of benzene rings is 1. The molecule has 0 aliphatic rings. The topological polar surface area (TPSA) is 65.5 Å². The van der Waals surface area contributed by atoms with Crippen molar-refractivity contribution in [3.8, 4) is 0 Å². The fraction of sp³-hybridized carbons (Fsp3) is 0.375. The number of aromatic nitrogens is 1. The van der Waals surface area contributed by atoms with Gasteiger partial charge < -0.3 is 10.0 Å². The van der Waals surface area contributed by atoms with Gasteiger partial charge in [0.25, 0.3) is 0 Å². The number of anilines is 1. The Morgan fingerprint density at radius 3 is 2.96 bits per heavy atom. The number of aliphatic hydroxyl groups excluding tert-OH is 1. The second-order valence-electron chi connectivity index (χ2n) is 5.26. The average molecular weight is 354 g/mol. The molecule has 0 spiro atoms. The summed E-state index contributed by atoms with van der Waals surface area (Å²) in [6.07, 6.45) is 1.92. The van der Waals surface area contributed by atoms with Gasteiger partial charge in [-0.15, -0.1) is 11.3 Å². The van der Waals surface area contributed by atoms with Crippen LogP contribution < -0.4 is 5.32 Å². The van der Waals surface area contributed by atoms with Gasteiger partial charge in [-0.05, 0) is 31.5 Å². The van der Waals surface area contributed by atoms with Crippen molar-refractivity contribution in [2.75, 3.05) is 18.4 Å². The standard InChI is InChI=1S/C16H20ClN3O2S/c1-3-20(10-11(2)21)16(22)19-15-18-9-14(23-15)8-12-5-4-6-13(17)7-12/h4-7,9,11,21H,3,8,10H2,1-2H3,(H,18,19,22). The largest absolute Gasteiger partial charge is 0.392 e. The van der Waals surface area contributed by atoms with Crippen molar-refractivity contribution >= 4 is 34.1 Å². The number of urea groups is 1. The quantitative estimate of drug-likeness (QED) is 0.833. The number of likely N-dealkylation sites (N-methyl/N-ethyl adjacent to an activating group) is 1. The summed E-state index contributed by atoms with van der Waals surface area (Å²) in [7, 11) is 0. The number of hydrogen-bond donors (Lipinski definition) is 2. The number of rotatable bonds is 6. The van der Waals surface area contributed by atoms with Gasteiger partial charge in [0.15, 0.2) is 5.13 Å². The number of carbonyl (C=O) groups is 1. The Bertz CT molecular complexity index is 660. The molecule has 1 unspecified atom stereocenters. The molecule has 2 amide bonds. The van der Waals surface area contributed by atoms with Gasteiger partial charge in [0, 0.05) is 35.6 Å². The predicted octanol–water partition coefficient (Wildman–Crippen LogP) is 3.62. The highest BCUT2D eigenvalue weighted by Crippen LogP contribution is 2.22. The van der Waals surface area contributed by atoms with E-state index in [1.165, 1.54) is 11.3 Å². The number of thiazole rings is 1. The molecule has 2 aromatic rings. The van der Waals surface area contributed by atoms with E-state index in [4.69, 9.17) is 11.6 Å². The Balaban J connectivity index is 1.97. The lowest BCUT2D eigenvalue weighted by Gasteiger charge is -2.21. The molecule has 23 heavy (non-hydrogen) atoms. The Kier molecular flexibility index (Phi) is 6.38. The molecule has 2 N–H and O–H groups in total. The molecular formula is C16H20ClN3O2S. The normalized spacial score (nSPS) is 12.0. The van der Waals surface area contributed by atoms with Gasteiger partial charge in [-0.2, -0.15) is 0 Å². The van der Waals surface area contributed by atoms with Crippen molar-refractivity contribution in [2.24, 2.45) is 0 Å². The van der Waals surface area contributed by atoms with Gasteiger partial charge in [0.05, 0.1) is 6.10 Å². The molecule has 1 aromatic carbocycles. The number of halogens is 1. The molecule has 124 valence electrons. The molecule has 1 aromatic heterocycles. The molecule has 0 saturated carbocycles. The van der Waals surface area contributed by atoms with E-state index in [0.29, 0.717) is 23.2 Å². The number of nitrogens with zero attached hydrogens (tertiary/aromatic N) is 2. The molecule has 5 nitrogen and oxygen atoms in total. The molecule has 2 rings (SSSR count). The third-order valence-corrected chi connectivity index (χ3v) is 4.34. The SMILES string of the molecule is CCN(CC(C)O)C(=O)Nc1ncc(Cc2cccc(Cl)c2)s1. The fourth-order valence-electron chi connectivity index (χ4n) is 2.14. The summed E-state index contributed by atoms with van der Waals surface area (Å²) in [6.45, 7) is 4.34. The number of nitrogens with one attached hydrogen (secondary N) is 1. The van der Waals surface area contributed by atoms with Crippen molar-refractivity contribution in [1.82, 2.24) is 9.88 Å². The molecular weight excluding hydrogens is 334 g/mol. The summed E-state index contributed by atoms with van der Waals surface area (Å²) in [5, 5.41) is 13.4. The van der Waals surface area contributed by atoms with Crippen LogP contribution in [-0.4, -0.2) is 40.2 Å². The summed E-state index contributed by atoms with van der Waals surface area (Å²) in [6, 6.07) is 7.42. The minimum absolute atomic E-state index is 0.253. The fourth-order valence-corrected chi connectivity index (χ4v) is 3.19. The molecule has 0 saturated heterocycles. The smallest absolute Gasteiger partial charge is 0.323 e. The maximum Gasteiger partial charge on any atom is 0.323 e. The molecule has 0 fully saturated rings. The number of aliphatic hydroxyl groups is 1. The zero-order valence-electron chi connectivity index (χ0n) is 13.1. The molecule has 1 atom stereocenters. The van der Waals surface area contributed by atoms with Gasteiger partial charge in [-0.25, -0.2) is 9.78 Å². The zero-order chi connectivity index (χ0) is 16.8. The summed E-state index contributed by atoms with van der Waals surface area (Å²) in [5.41, 5.74) is 1.10. The molecule has 0 aliphatic carbocycles. The van der Waals surface area contributed by atoms with Gasteiger partial charge in [-0.3, -0.25) is 5.32 Å². The van der Waals surface area contributed by atoms with Crippen LogP contribution >= 0.6 is 22.9 Å². The maximum absolute atomic E-state index is 12.1. The molecule has 7 heteroatoms. The predicted molar refractivity (Wildman–Crippen MR) is 94.3 cm³/mol. The highest BCUT2D eigenvalue weighted by atomic mass is 35.5. The van der Waals surface area contributed by atoms with E-state index in [1.807, 2.05) is 31.2 Å². The van der Waals surface area contributed by atoms with E-state index in [9.17, 15) is 9.90 Å². The Labute approximate surface area is 144 Å². The Morgan fingerprint density at radius 2 is 2.30 bits per heavy atom. The average Bonchev–Trinajstić information content (AvgIpc) is 2.91. The summed E-state index contributed by atoms with van der Waals surface area (Å²) < 4.78 is 0. The summed E-state index contributed by atoms with van der Waals surface area (Å²) in [4.78, 5) is 19.0.